The van der Waals surface area contributed by atoms with E-state index < -0.39 is 0 Å². The summed E-state index contributed by atoms with van der Waals surface area (Å²) in [6.45, 7) is 10.1. The van der Waals surface area contributed by atoms with Crippen molar-refractivity contribution in [1.82, 2.24) is 4.98 Å². The molecule has 2 aromatic heterocycles. The number of ether oxygens (including phenoxy) is 1. The Bertz CT molecular complexity index is 409. The molecule has 0 spiro atoms. The average molecular weight is 239 g/mol. The summed E-state index contributed by atoms with van der Waals surface area (Å²) < 4.78 is 6.26. The maximum Gasteiger partial charge on any atom is 0.138 e. The first-order valence-electron chi connectivity index (χ1n) is 5.70. The first-order valence-corrected chi connectivity index (χ1v) is 6.51. The summed E-state index contributed by atoms with van der Waals surface area (Å²) in [6.07, 6.45) is 1.74. The Morgan fingerprint density at radius 2 is 1.75 bits per heavy atom. The van der Waals surface area contributed by atoms with E-state index in [2.05, 4.69) is 18.0 Å². The fraction of sp³-hybridized carbons (Fsp3) is 0.462. The lowest BCUT2D eigenvalue weighted by Crippen LogP contribution is -1.82. The average Bonchev–Trinajstić information content (AvgIpc) is 2.73. The molecule has 0 unspecified atom stereocenters. The summed E-state index contributed by atoms with van der Waals surface area (Å²) in [6, 6.07) is 4.10. The Morgan fingerprint density at radius 3 is 2.31 bits per heavy atom. The number of aryl methyl sites for hydroxylation is 1. The van der Waals surface area contributed by atoms with Crippen molar-refractivity contribution in [2.45, 2.75) is 34.6 Å². The summed E-state index contributed by atoms with van der Waals surface area (Å²) in [5.41, 5.74) is 1.05. The van der Waals surface area contributed by atoms with Crippen molar-refractivity contribution < 1.29 is 4.74 Å². The number of rotatable bonds is 1. The second kappa shape index (κ2) is 8.11. The van der Waals surface area contributed by atoms with Crippen LogP contribution in [0.25, 0.3) is 10.2 Å². The number of thiophene rings is 1. The van der Waals surface area contributed by atoms with Crippen molar-refractivity contribution in [1.29, 1.82) is 0 Å². The van der Waals surface area contributed by atoms with E-state index in [1.807, 2.05) is 33.8 Å². The van der Waals surface area contributed by atoms with Gasteiger partial charge in [-0.3, -0.25) is 4.98 Å². The van der Waals surface area contributed by atoms with Crippen LogP contribution in [-0.2, 0) is 0 Å². The number of nitrogens with zero attached hydrogens (tertiary/aromatic N) is 1. The smallest absolute Gasteiger partial charge is 0.138 e. The molecule has 0 saturated heterocycles. The molecule has 0 aliphatic heterocycles. The molecule has 0 saturated carbocycles. The van der Waals surface area contributed by atoms with Crippen molar-refractivity contribution in [3.05, 3.63) is 23.2 Å². The Kier molecular flexibility index (Phi) is 7.56. The molecule has 0 atom stereocenters. The van der Waals surface area contributed by atoms with Crippen molar-refractivity contribution in [2.75, 3.05) is 7.11 Å². The maximum absolute atomic E-state index is 5.08. The lowest BCUT2D eigenvalue weighted by molar-refractivity contribution is 0.414. The molecule has 2 heterocycles. The van der Waals surface area contributed by atoms with Crippen LogP contribution in [0.4, 0.5) is 0 Å². The normalized spacial score (nSPS) is 8.62. The SMILES string of the molecule is CC.CC.COc1cnc2cc(C)sc2c1. The predicted molar refractivity (Wildman–Crippen MR) is 73.6 cm³/mol. The van der Waals surface area contributed by atoms with E-state index in [0.29, 0.717) is 0 Å². The second-order valence-electron chi connectivity index (χ2n) is 2.62. The first kappa shape index (κ1) is 14.9. The first-order chi connectivity index (χ1) is 7.79. The molecular formula is C13H21NOS. The van der Waals surface area contributed by atoms with Gasteiger partial charge >= 0.3 is 0 Å². The molecule has 0 aliphatic rings. The van der Waals surface area contributed by atoms with Gasteiger partial charge in [-0.05, 0) is 13.0 Å². The van der Waals surface area contributed by atoms with Crippen LogP contribution in [0.5, 0.6) is 5.75 Å². The minimum atomic E-state index is 0.823. The summed E-state index contributed by atoms with van der Waals surface area (Å²) in [5, 5.41) is 0. The van der Waals surface area contributed by atoms with Crippen LogP contribution in [0, 0.1) is 6.92 Å². The highest BCUT2D eigenvalue weighted by atomic mass is 32.1. The number of hydrogen-bond acceptors (Lipinski definition) is 3. The number of pyridine rings is 1. The molecule has 0 amide bonds. The van der Waals surface area contributed by atoms with Crippen LogP contribution >= 0.6 is 11.3 Å². The topological polar surface area (TPSA) is 22.1 Å². The van der Waals surface area contributed by atoms with Gasteiger partial charge in [0.25, 0.3) is 0 Å². The van der Waals surface area contributed by atoms with Crippen LogP contribution in [0.2, 0.25) is 0 Å². The third-order valence-corrected chi connectivity index (χ3v) is 2.69. The van der Waals surface area contributed by atoms with E-state index in [-0.39, 0.29) is 0 Å². The molecule has 90 valence electrons. The van der Waals surface area contributed by atoms with Gasteiger partial charge in [0.05, 0.1) is 23.5 Å². The van der Waals surface area contributed by atoms with Gasteiger partial charge in [0.1, 0.15) is 5.75 Å². The van der Waals surface area contributed by atoms with Gasteiger partial charge in [-0.2, -0.15) is 0 Å². The zero-order valence-electron chi connectivity index (χ0n) is 11.0. The van der Waals surface area contributed by atoms with Crippen molar-refractivity contribution in [3.63, 3.8) is 0 Å². The van der Waals surface area contributed by atoms with Crippen LogP contribution < -0.4 is 4.74 Å². The standard InChI is InChI=1S/C9H9NOS.2C2H6/c1-6-3-8-9(12-6)4-7(11-2)5-10-8;2*1-2/h3-5H,1-2H3;2*1-2H3. The number of hydrogen-bond donors (Lipinski definition) is 0. The van der Waals surface area contributed by atoms with Crippen molar-refractivity contribution in [3.8, 4) is 5.75 Å². The maximum atomic E-state index is 5.08. The molecule has 2 rings (SSSR count). The Balaban J connectivity index is 0.000000509. The van der Waals surface area contributed by atoms with Gasteiger partial charge in [0, 0.05) is 10.9 Å². The lowest BCUT2D eigenvalue weighted by Gasteiger charge is -1.96. The molecule has 3 heteroatoms. The van der Waals surface area contributed by atoms with Crippen LogP contribution in [0.15, 0.2) is 18.3 Å². The second-order valence-corrected chi connectivity index (χ2v) is 3.90. The van der Waals surface area contributed by atoms with Gasteiger partial charge in [-0.15, -0.1) is 11.3 Å². The summed E-state index contributed by atoms with van der Waals surface area (Å²) in [7, 11) is 1.66. The van der Waals surface area contributed by atoms with E-state index in [9.17, 15) is 0 Å². The molecule has 0 aliphatic carbocycles. The highest BCUT2D eigenvalue weighted by Gasteiger charge is 2.00. The minimum Gasteiger partial charge on any atom is -0.495 e. The fourth-order valence-electron chi connectivity index (χ4n) is 1.13. The third kappa shape index (κ3) is 3.81. The van der Waals surface area contributed by atoms with E-state index in [1.165, 1.54) is 9.58 Å². The fourth-order valence-corrected chi connectivity index (χ4v) is 2.04. The molecule has 2 nitrogen and oxygen atoms in total. The van der Waals surface area contributed by atoms with Crippen LogP contribution in [-0.4, -0.2) is 12.1 Å². The van der Waals surface area contributed by atoms with Crippen LogP contribution in [0.3, 0.4) is 0 Å². The molecule has 16 heavy (non-hydrogen) atoms. The summed E-state index contributed by atoms with van der Waals surface area (Å²) in [5.74, 6) is 0.823. The number of methoxy groups -OCH3 is 1. The molecule has 0 fully saturated rings. The largest absolute Gasteiger partial charge is 0.495 e. The molecule has 0 radical (unpaired) electrons. The quantitative estimate of drug-likeness (QED) is 0.721. The van der Waals surface area contributed by atoms with Gasteiger partial charge < -0.3 is 4.74 Å². The molecular weight excluding hydrogens is 218 g/mol. The highest BCUT2D eigenvalue weighted by Crippen LogP contribution is 2.26. The molecule has 2 aromatic rings. The zero-order valence-corrected chi connectivity index (χ0v) is 11.8. The monoisotopic (exact) mass is 239 g/mol. The van der Waals surface area contributed by atoms with Gasteiger partial charge in [0.2, 0.25) is 0 Å². The molecule has 0 aromatic carbocycles. The summed E-state index contributed by atoms with van der Waals surface area (Å²) >= 11 is 1.74. The van der Waals surface area contributed by atoms with E-state index in [4.69, 9.17) is 4.74 Å². The van der Waals surface area contributed by atoms with Crippen molar-refractivity contribution >= 4 is 21.6 Å². The Hall–Kier alpha value is -1.09. The molecule has 0 N–H and O–H groups in total. The number of fused-ring (bicyclic) bond motifs is 1. The van der Waals surface area contributed by atoms with Crippen molar-refractivity contribution in [2.24, 2.45) is 0 Å². The Morgan fingerprint density at radius 1 is 1.12 bits per heavy atom. The summed E-state index contributed by atoms with van der Waals surface area (Å²) in [4.78, 5) is 5.54. The minimum absolute atomic E-state index is 0.823. The predicted octanol–water partition coefficient (Wildman–Crippen LogP) is 4.67. The van der Waals surface area contributed by atoms with Crippen LogP contribution in [0.1, 0.15) is 32.6 Å². The van der Waals surface area contributed by atoms with Gasteiger partial charge in [-0.1, -0.05) is 27.7 Å². The van der Waals surface area contributed by atoms with E-state index in [1.54, 1.807) is 24.6 Å². The van der Waals surface area contributed by atoms with Gasteiger partial charge in [-0.25, -0.2) is 0 Å². The number of aromatic nitrogens is 1. The lowest BCUT2D eigenvalue weighted by atomic mass is 10.4. The zero-order chi connectivity index (χ0) is 12.6. The third-order valence-electron chi connectivity index (χ3n) is 1.70. The van der Waals surface area contributed by atoms with Gasteiger partial charge in [0.15, 0.2) is 0 Å². The van der Waals surface area contributed by atoms with E-state index >= 15 is 0 Å². The Labute approximate surface area is 102 Å². The van der Waals surface area contributed by atoms with E-state index in [0.717, 1.165) is 11.3 Å². The highest BCUT2D eigenvalue weighted by molar-refractivity contribution is 7.18. The molecule has 0 bridgehead atoms.